The van der Waals surface area contributed by atoms with Gasteiger partial charge in [-0.25, -0.2) is 4.79 Å². The highest BCUT2D eigenvalue weighted by atomic mass is 35.5. The third-order valence-corrected chi connectivity index (χ3v) is 3.58. The SMILES string of the molecule is Cc1cccc(C)c1OCCCNC(=O)Nc1cccc(Cl)c1. The summed E-state index contributed by atoms with van der Waals surface area (Å²) in [7, 11) is 0. The predicted octanol–water partition coefficient (Wildman–Crippen LogP) is 4.55. The molecule has 23 heavy (non-hydrogen) atoms. The molecule has 0 unspecified atom stereocenters. The van der Waals surface area contributed by atoms with E-state index in [1.165, 1.54) is 0 Å². The van der Waals surface area contributed by atoms with Crippen molar-refractivity contribution in [2.24, 2.45) is 0 Å². The first-order valence-corrected chi connectivity index (χ1v) is 7.93. The Balaban J connectivity index is 1.68. The first-order valence-electron chi connectivity index (χ1n) is 7.55. The summed E-state index contributed by atoms with van der Waals surface area (Å²) >= 11 is 5.87. The Morgan fingerprint density at radius 2 is 1.83 bits per heavy atom. The molecule has 0 fully saturated rings. The van der Waals surface area contributed by atoms with Crippen LogP contribution in [-0.4, -0.2) is 19.2 Å². The van der Waals surface area contributed by atoms with Crippen molar-refractivity contribution in [3.63, 3.8) is 0 Å². The lowest BCUT2D eigenvalue weighted by Gasteiger charge is -2.12. The van der Waals surface area contributed by atoms with Crippen molar-refractivity contribution >= 4 is 23.3 Å². The number of ether oxygens (including phenoxy) is 1. The molecule has 122 valence electrons. The van der Waals surface area contributed by atoms with Crippen LogP contribution in [-0.2, 0) is 0 Å². The molecule has 0 aliphatic heterocycles. The zero-order valence-electron chi connectivity index (χ0n) is 13.4. The van der Waals surface area contributed by atoms with E-state index < -0.39 is 0 Å². The number of aryl methyl sites for hydroxylation is 2. The molecule has 0 heterocycles. The van der Waals surface area contributed by atoms with Gasteiger partial charge in [0.05, 0.1) is 6.61 Å². The minimum absolute atomic E-state index is 0.251. The Hall–Kier alpha value is -2.20. The van der Waals surface area contributed by atoms with Crippen molar-refractivity contribution in [2.45, 2.75) is 20.3 Å². The second-order valence-electron chi connectivity index (χ2n) is 5.31. The lowest BCUT2D eigenvalue weighted by Crippen LogP contribution is -2.30. The first-order chi connectivity index (χ1) is 11.1. The molecular formula is C18H21ClN2O2. The maximum atomic E-state index is 11.8. The van der Waals surface area contributed by atoms with Crippen LogP contribution in [0, 0.1) is 13.8 Å². The van der Waals surface area contributed by atoms with E-state index in [1.54, 1.807) is 24.3 Å². The summed E-state index contributed by atoms with van der Waals surface area (Å²) in [4.78, 5) is 11.8. The summed E-state index contributed by atoms with van der Waals surface area (Å²) in [5.74, 6) is 0.927. The maximum Gasteiger partial charge on any atom is 0.319 e. The number of anilines is 1. The van der Waals surface area contributed by atoms with Crippen molar-refractivity contribution < 1.29 is 9.53 Å². The van der Waals surface area contributed by atoms with Gasteiger partial charge in [0.2, 0.25) is 0 Å². The van der Waals surface area contributed by atoms with Gasteiger partial charge in [-0.3, -0.25) is 0 Å². The maximum absolute atomic E-state index is 11.8. The van der Waals surface area contributed by atoms with Crippen LogP contribution in [0.1, 0.15) is 17.5 Å². The lowest BCUT2D eigenvalue weighted by molar-refractivity contribution is 0.250. The molecule has 0 aromatic heterocycles. The van der Waals surface area contributed by atoms with Gasteiger partial charge >= 0.3 is 6.03 Å². The molecule has 0 radical (unpaired) electrons. The van der Waals surface area contributed by atoms with E-state index in [0.29, 0.717) is 23.9 Å². The van der Waals surface area contributed by atoms with E-state index in [-0.39, 0.29) is 6.03 Å². The smallest absolute Gasteiger partial charge is 0.319 e. The number of nitrogens with one attached hydrogen (secondary N) is 2. The zero-order valence-corrected chi connectivity index (χ0v) is 14.1. The van der Waals surface area contributed by atoms with Crippen molar-refractivity contribution in [3.05, 3.63) is 58.6 Å². The standard InChI is InChI=1S/C18H21ClN2O2/c1-13-6-3-7-14(2)17(13)23-11-5-10-20-18(22)21-16-9-4-8-15(19)12-16/h3-4,6-9,12H,5,10-11H2,1-2H3,(H2,20,21,22). The Morgan fingerprint density at radius 3 is 2.52 bits per heavy atom. The monoisotopic (exact) mass is 332 g/mol. The van der Waals surface area contributed by atoms with E-state index in [9.17, 15) is 4.79 Å². The largest absolute Gasteiger partial charge is 0.493 e. The average Bonchev–Trinajstić information content (AvgIpc) is 2.49. The van der Waals surface area contributed by atoms with Gasteiger partial charge in [0.25, 0.3) is 0 Å². The number of halogens is 1. The van der Waals surface area contributed by atoms with Crippen LogP contribution in [0.3, 0.4) is 0 Å². The summed E-state index contributed by atoms with van der Waals surface area (Å²) < 4.78 is 5.79. The highest BCUT2D eigenvalue weighted by molar-refractivity contribution is 6.30. The fourth-order valence-electron chi connectivity index (χ4n) is 2.22. The number of rotatable bonds is 6. The minimum atomic E-state index is -0.251. The van der Waals surface area contributed by atoms with Gasteiger partial charge in [-0.2, -0.15) is 0 Å². The summed E-state index contributed by atoms with van der Waals surface area (Å²) in [5, 5.41) is 6.12. The van der Waals surface area contributed by atoms with Gasteiger partial charge in [0.15, 0.2) is 0 Å². The molecule has 5 heteroatoms. The number of para-hydroxylation sites is 1. The third-order valence-electron chi connectivity index (χ3n) is 3.34. The molecule has 0 spiro atoms. The van der Waals surface area contributed by atoms with Gasteiger partial charge in [0.1, 0.15) is 5.75 Å². The molecule has 0 aliphatic rings. The second-order valence-corrected chi connectivity index (χ2v) is 5.75. The molecule has 2 aromatic carbocycles. The van der Waals surface area contributed by atoms with E-state index in [0.717, 1.165) is 23.3 Å². The molecule has 4 nitrogen and oxygen atoms in total. The molecule has 0 aliphatic carbocycles. The van der Waals surface area contributed by atoms with Crippen LogP contribution in [0.25, 0.3) is 0 Å². The summed E-state index contributed by atoms with van der Waals surface area (Å²) in [5.41, 5.74) is 2.91. The van der Waals surface area contributed by atoms with E-state index in [4.69, 9.17) is 16.3 Å². The number of carbonyl (C=O) groups is 1. The number of hydrogen-bond acceptors (Lipinski definition) is 2. The van der Waals surface area contributed by atoms with Crippen LogP contribution >= 0.6 is 11.6 Å². The molecule has 2 rings (SSSR count). The van der Waals surface area contributed by atoms with Crippen LogP contribution in [0.2, 0.25) is 5.02 Å². The third kappa shape index (κ3) is 5.49. The van der Waals surface area contributed by atoms with Crippen molar-refractivity contribution in [3.8, 4) is 5.75 Å². The number of hydrogen-bond donors (Lipinski definition) is 2. The zero-order chi connectivity index (χ0) is 16.7. The van der Waals surface area contributed by atoms with Gasteiger partial charge < -0.3 is 15.4 Å². The normalized spacial score (nSPS) is 10.2. The molecule has 0 atom stereocenters. The lowest BCUT2D eigenvalue weighted by atomic mass is 10.1. The molecule has 2 N–H and O–H groups in total. The van der Waals surface area contributed by atoms with Gasteiger partial charge in [-0.1, -0.05) is 35.9 Å². The number of amides is 2. The Labute approximate surface area is 141 Å². The highest BCUT2D eigenvalue weighted by Crippen LogP contribution is 2.22. The summed E-state index contributed by atoms with van der Waals surface area (Å²) in [6.45, 7) is 5.15. The topological polar surface area (TPSA) is 50.4 Å². The molecule has 2 aromatic rings. The van der Waals surface area contributed by atoms with Crippen molar-refractivity contribution in [1.29, 1.82) is 0 Å². The molecule has 0 saturated carbocycles. The van der Waals surface area contributed by atoms with E-state index in [2.05, 4.69) is 10.6 Å². The number of benzene rings is 2. The number of carbonyl (C=O) groups excluding carboxylic acids is 1. The van der Waals surface area contributed by atoms with Crippen molar-refractivity contribution in [1.82, 2.24) is 5.32 Å². The summed E-state index contributed by atoms with van der Waals surface area (Å²) in [6, 6.07) is 12.9. The second kappa shape index (κ2) is 8.44. The van der Waals surface area contributed by atoms with Crippen molar-refractivity contribution in [2.75, 3.05) is 18.5 Å². The van der Waals surface area contributed by atoms with E-state index >= 15 is 0 Å². The Morgan fingerprint density at radius 1 is 1.13 bits per heavy atom. The highest BCUT2D eigenvalue weighted by Gasteiger charge is 2.04. The summed E-state index contributed by atoms with van der Waals surface area (Å²) in [6.07, 6.45) is 0.733. The molecule has 0 bridgehead atoms. The minimum Gasteiger partial charge on any atom is -0.493 e. The average molecular weight is 333 g/mol. The van der Waals surface area contributed by atoms with Gasteiger partial charge in [-0.05, 0) is 49.6 Å². The van der Waals surface area contributed by atoms with Crippen LogP contribution in [0.5, 0.6) is 5.75 Å². The number of urea groups is 1. The van der Waals surface area contributed by atoms with Crippen LogP contribution in [0.4, 0.5) is 10.5 Å². The quantitative estimate of drug-likeness (QED) is 0.762. The van der Waals surface area contributed by atoms with Crippen LogP contribution < -0.4 is 15.4 Å². The Kier molecular flexibility index (Phi) is 6.29. The fraction of sp³-hybridized carbons (Fsp3) is 0.278. The van der Waals surface area contributed by atoms with Crippen LogP contribution in [0.15, 0.2) is 42.5 Å². The van der Waals surface area contributed by atoms with E-state index in [1.807, 2.05) is 32.0 Å². The molecule has 2 amide bonds. The Bertz CT molecular complexity index is 654. The molecular weight excluding hydrogens is 312 g/mol. The molecule has 0 saturated heterocycles. The van der Waals surface area contributed by atoms with Gasteiger partial charge in [0, 0.05) is 17.3 Å². The predicted molar refractivity (Wildman–Crippen MR) is 94.5 cm³/mol. The fourth-order valence-corrected chi connectivity index (χ4v) is 2.41. The first kappa shape index (κ1) is 17.2. The van der Waals surface area contributed by atoms with Gasteiger partial charge in [-0.15, -0.1) is 0 Å².